The average molecular weight is 224 g/mol. The molecule has 1 aliphatic heterocycles. The predicted octanol–water partition coefficient (Wildman–Crippen LogP) is 2.14. The van der Waals surface area contributed by atoms with Crippen LogP contribution in [0.4, 0.5) is 0 Å². The van der Waals surface area contributed by atoms with Crippen LogP contribution in [0.5, 0.6) is 11.5 Å². The lowest BCUT2D eigenvalue weighted by molar-refractivity contribution is -0.183. The summed E-state index contributed by atoms with van der Waals surface area (Å²) in [5.41, 5.74) is 0.956. The number of hydrogen-bond donors (Lipinski definition) is 0. The Morgan fingerprint density at radius 1 is 1.06 bits per heavy atom. The van der Waals surface area contributed by atoms with Crippen molar-refractivity contribution >= 4 is 0 Å². The molecule has 0 aliphatic carbocycles. The molecule has 0 atom stereocenters. The van der Waals surface area contributed by atoms with Crippen molar-refractivity contribution in [1.82, 2.24) is 0 Å². The molecule has 1 aromatic rings. The molecule has 0 unspecified atom stereocenters. The zero-order chi connectivity index (χ0) is 11.4. The minimum Gasteiger partial charge on any atom is -0.493 e. The van der Waals surface area contributed by atoms with Crippen LogP contribution in [-0.2, 0) is 9.47 Å². The van der Waals surface area contributed by atoms with Crippen LogP contribution < -0.4 is 9.47 Å². The topological polar surface area (TPSA) is 36.9 Å². The maximum atomic E-state index is 5.52. The smallest absolute Gasteiger partial charge is 0.183 e. The lowest BCUT2D eigenvalue weighted by atomic mass is 10.2. The SMILES string of the molecule is COc1ccc(C2OCCCO2)cc1OC. The van der Waals surface area contributed by atoms with Gasteiger partial charge >= 0.3 is 0 Å². The lowest BCUT2D eigenvalue weighted by Crippen LogP contribution is -2.17. The van der Waals surface area contributed by atoms with Crippen molar-refractivity contribution in [2.24, 2.45) is 0 Å². The molecule has 1 fully saturated rings. The Morgan fingerprint density at radius 2 is 1.75 bits per heavy atom. The average Bonchev–Trinajstić information content (AvgIpc) is 2.39. The molecule has 0 amide bonds. The van der Waals surface area contributed by atoms with Gasteiger partial charge in [-0.3, -0.25) is 0 Å². The molecule has 2 rings (SSSR count). The molecular formula is C12H16O4. The van der Waals surface area contributed by atoms with E-state index < -0.39 is 0 Å². The third-order valence-electron chi connectivity index (χ3n) is 2.51. The molecule has 1 aliphatic rings. The third-order valence-corrected chi connectivity index (χ3v) is 2.51. The van der Waals surface area contributed by atoms with Crippen LogP contribution in [0.25, 0.3) is 0 Å². The van der Waals surface area contributed by atoms with Gasteiger partial charge in [0.15, 0.2) is 17.8 Å². The molecule has 0 radical (unpaired) electrons. The van der Waals surface area contributed by atoms with Gasteiger partial charge in [0.05, 0.1) is 27.4 Å². The van der Waals surface area contributed by atoms with E-state index in [1.54, 1.807) is 14.2 Å². The monoisotopic (exact) mass is 224 g/mol. The lowest BCUT2D eigenvalue weighted by Gasteiger charge is -2.24. The molecule has 1 aromatic carbocycles. The van der Waals surface area contributed by atoms with Crippen LogP contribution in [-0.4, -0.2) is 27.4 Å². The van der Waals surface area contributed by atoms with Crippen LogP contribution in [0, 0.1) is 0 Å². The van der Waals surface area contributed by atoms with Gasteiger partial charge in [-0.05, 0) is 18.6 Å². The molecule has 1 saturated heterocycles. The molecule has 4 nitrogen and oxygen atoms in total. The predicted molar refractivity (Wildman–Crippen MR) is 58.8 cm³/mol. The second kappa shape index (κ2) is 5.18. The fourth-order valence-corrected chi connectivity index (χ4v) is 1.68. The summed E-state index contributed by atoms with van der Waals surface area (Å²) in [5, 5.41) is 0. The zero-order valence-corrected chi connectivity index (χ0v) is 9.56. The van der Waals surface area contributed by atoms with Crippen LogP contribution in [0.3, 0.4) is 0 Å². The van der Waals surface area contributed by atoms with Crippen LogP contribution in [0.2, 0.25) is 0 Å². The van der Waals surface area contributed by atoms with E-state index >= 15 is 0 Å². The molecule has 88 valence electrons. The van der Waals surface area contributed by atoms with E-state index in [0.29, 0.717) is 11.5 Å². The molecule has 0 N–H and O–H groups in total. The summed E-state index contributed by atoms with van der Waals surface area (Å²) in [6.07, 6.45) is 0.664. The van der Waals surface area contributed by atoms with Gasteiger partial charge < -0.3 is 18.9 Å². The number of rotatable bonds is 3. The van der Waals surface area contributed by atoms with Gasteiger partial charge in [0.1, 0.15) is 0 Å². The van der Waals surface area contributed by atoms with Crippen molar-refractivity contribution in [3.05, 3.63) is 23.8 Å². The molecule has 0 aromatic heterocycles. The first-order chi connectivity index (χ1) is 7.85. The van der Waals surface area contributed by atoms with Crippen molar-refractivity contribution in [3.8, 4) is 11.5 Å². The van der Waals surface area contributed by atoms with Crippen LogP contribution in [0.1, 0.15) is 18.3 Å². The Kier molecular flexibility index (Phi) is 3.64. The van der Waals surface area contributed by atoms with Crippen molar-refractivity contribution in [2.75, 3.05) is 27.4 Å². The molecule has 1 heterocycles. The van der Waals surface area contributed by atoms with E-state index in [9.17, 15) is 0 Å². The summed E-state index contributed by atoms with van der Waals surface area (Å²) < 4.78 is 21.4. The second-order valence-electron chi connectivity index (χ2n) is 3.54. The molecule has 0 bridgehead atoms. The summed E-state index contributed by atoms with van der Waals surface area (Å²) in [4.78, 5) is 0. The second-order valence-corrected chi connectivity index (χ2v) is 3.54. The van der Waals surface area contributed by atoms with Crippen LogP contribution >= 0.6 is 0 Å². The maximum Gasteiger partial charge on any atom is 0.183 e. The highest BCUT2D eigenvalue weighted by Gasteiger charge is 2.18. The molecule has 4 heteroatoms. The third kappa shape index (κ3) is 2.28. The quantitative estimate of drug-likeness (QED) is 0.788. The van der Waals surface area contributed by atoms with Crippen molar-refractivity contribution in [3.63, 3.8) is 0 Å². The van der Waals surface area contributed by atoms with Gasteiger partial charge in [-0.25, -0.2) is 0 Å². The van der Waals surface area contributed by atoms with Crippen molar-refractivity contribution in [1.29, 1.82) is 0 Å². The summed E-state index contributed by atoms with van der Waals surface area (Å²) in [5.74, 6) is 1.40. The minimum atomic E-state index is -0.284. The van der Waals surface area contributed by atoms with E-state index in [0.717, 1.165) is 25.2 Å². The fraction of sp³-hybridized carbons (Fsp3) is 0.500. The largest absolute Gasteiger partial charge is 0.493 e. The van der Waals surface area contributed by atoms with Gasteiger partial charge in [0.25, 0.3) is 0 Å². The van der Waals surface area contributed by atoms with E-state index in [1.165, 1.54) is 0 Å². The molecule has 0 saturated carbocycles. The van der Waals surface area contributed by atoms with Gasteiger partial charge in [-0.1, -0.05) is 6.07 Å². The summed E-state index contributed by atoms with van der Waals surface area (Å²) in [7, 11) is 3.23. The number of hydrogen-bond acceptors (Lipinski definition) is 4. The first kappa shape index (κ1) is 11.2. The van der Waals surface area contributed by atoms with E-state index in [2.05, 4.69) is 0 Å². The Morgan fingerprint density at radius 3 is 2.38 bits per heavy atom. The Bertz CT molecular complexity index is 345. The van der Waals surface area contributed by atoms with Gasteiger partial charge in [-0.2, -0.15) is 0 Å². The van der Waals surface area contributed by atoms with Gasteiger partial charge in [0, 0.05) is 5.56 Å². The zero-order valence-electron chi connectivity index (χ0n) is 9.56. The normalized spacial score (nSPS) is 17.1. The van der Waals surface area contributed by atoms with Gasteiger partial charge in [0.2, 0.25) is 0 Å². The van der Waals surface area contributed by atoms with Gasteiger partial charge in [-0.15, -0.1) is 0 Å². The maximum absolute atomic E-state index is 5.52. The number of ether oxygens (including phenoxy) is 4. The first-order valence-corrected chi connectivity index (χ1v) is 5.30. The Labute approximate surface area is 95.1 Å². The highest BCUT2D eigenvalue weighted by atomic mass is 16.7. The van der Waals surface area contributed by atoms with Crippen molar-refractivity contribution < 1.29 is 18.9 Å². The highest BCUT2D eigenvalue weighted by molar-refractivity contribution is 5.43. The number of benzene rings is 1. The molecular weight excluding hydrogens is 208 g/mol. The number of methoxy groups -OCH3 is 2. The van der Waals surface area contributed by atoms with Crippen molar-refractivity contribution in [2.45, 2.75) is 12.7 Å². The molecule has 0 spiro atoms. The van der Waals surface area contributed by atoms with E-state index in [1.807, 2.05) is 18.2 Å². The highest BCUT2D eigenvalue weighted by Crippen LogP contribution is 2.32. The van der Waals surface area contributed by atoms with E-state index in [-0.39, 0.29) is 6.29 Å². The fourth-order valence-electron chi connectivity index (χ4n) is 1.68. The summed E-state index contributed by atoms with van der Waals surface area (Å²) in [6.45, 7) is 1.47. The summed E-state index contributed by atoms with van der Waals surface area (Å²) >= 11 is 0. The Hall–Kier alpha value is -1.26. The summed E-state index contributed by atoms with van der Waals surface area (Å²) in [6, 6.07) is 5.67. The molecule has 16 heavy (non-hydrogen) atoms. The first-order valence-electron chi connectivity index (χ1n) is 5.30. The minimum absolute atomic E-state index is 0.284. The Balaban J connectivity index is 2.20. The standard InChI is InChI=1S/C12H16O4/c1-13-10-5-4-9(8-11(10)14-2)12-15-6-3-7-16-12/h4-5,8,12H,3,6-7H2,1-2H3. The van der Waals surface area contributed by atoms with E-state index in [4.69, 9.17) is 18.9 Å². The van der Waals surface area contributed by atoms with Crippen LogP contribution in [0.15, 0.2) is 18.2 Å².